The summed E-state index contributed by atoms with van der Waals surface area (Å²) in [5, 5.41) is 7.04. The lowest BCUT2D eigenvalue weighted by atomic mass is 9.93. The number of hydrogen-bond acceptors (Lipinski definition) is 4. The summed E-state index contributed by atoms with van der Waals surface area (Å²) in [5.74, 6) is -1.12. The molecule has 3 aromatic carbocycles. The topological polar surface area (TPSA) is 53.0 Å². The second-order valence-electron chi connectivity index (χ2n) is 7.73. The molecule has 0 saturated carbocycles. The zero-order valence-corrected chi connectivity index (χ0v) is 17.6. The lowest BCUT2D eigenvalue weighted by Crippen LogP contribution is -2.40. The van der Waals surface area contributed by atoms with Gasteiger partial charge in [0.15, 0.2) is 0 Å². The van der Waals surface area contributed by atoms with Gasteiger partial charge < -0.3 is 0 Å². The summed E-state index contributed by atoms with van der Waals surface area (Å²) in [6.45, 7) is 1.89. The molecule has 3 atom stereocenters. The van der Waals surface area contributed by atoms with Gasteiger partial charge in [0.05, 0.1) is 17.4 Å². The van der Waals surface area contributed by atoms with E-state index in [4.69, 9.17) is 16.7 Å². The number of likely N-dealkylation sites (tertiary alicyclic amines) is 1. The Morgan fingerprint density at radius 1 is 0.839 bits per heavy atom. The number of carbonyl (C=O) groups excluding carboxylic acids is 2. The Hall–Kier alpha value is -3.44. The fourth-order valence-electron chi connectivity index (χ4n) is 4.35. The molecule has 5 rings (SSSR count). The van der Waals surface area contributed by atoms with Crippen LogP contribution < -0.4 is 5.01 Å². The van der Waals surface area contributed by atoms with E-state index < -0.39 is 12.0 Å². The molecule has 0 radical (unpaired) electrons. The van der Waals surface area contributed by atoms with Gasteiger partial charge in [-0.1, -0.05) is 72.3 Å². The Labute approximate surface area is 185 Å². The van der Waals surface area contributed by atoms with E-state index in [1.807, 2.05) is 79.7 Å². The SMILES string of the molecule is C[C@H](c1ccccc1)N1C(=O)[C@@H]2C(c3ccc(Cl)cc3)=NN(c3ccccc3)[C@@H]2C1=O. The van der Waals surface area contributed by atoms with Gasteiger partial charge in [0.25, 0.3) is 5.91 Å². The van der Waals surface area contributed by atoms with Crippen molar-refractivity contribution >= 4 is 34.8 Å². The number of anilines is 1. The summed E-state index contributed by atoms with van der Waals surface area (Å²) in [7, 11) is 0. The number of rotatable bonds is 4. The van der Waals surface area contributed by atoms with Crippen LogP contribution in [0.2, 0.25) is 5.02 Å². The fourth-order valence-corrected chi connectivity index (χ4v) is 4.48. The predicted molar refractivity (Wildman–Crippen MR) is 121 cm³/mol. The normalized spacial score (nSPS) is 21.3. The number of imide groups is 1. The van der Waals surface area contributed by atoms with E-state index in [-0.39, 0.29) is 17.9 Å². The minimum Gasteiger partial charge on any atom is -0.274 e. The number of hydrazone groups is 1. The second kappa shape index (κ2) is 7.67. The van der Waals surface area contributed by atoms with E-state index in [0.29, 0.717) is 10.7 Å². The third-order valence-corrected chi connectivity index (χ3v) is 6.17. The first-order chi connectivity index (χ1) is 15.1. The molecule has 0 aliphatic carbocycles. The molecule has 2 aliphatic heterocycles. The van der Waals surface area contributed by atoms with E-state index in [1.165, 1.54) is 4.90 Å². The predicted octanol–water partition coefficient (Wildman–Crippen LogP) is 4.68. The highest BCUT2D eigenvalue weighted by Gasteiger charge is 2.58. The minimum atomic E-state index is -0.702. The zero-order valence-electron chi connectivity index (χ0n) is 16.9. The van der Waals surface area contributed by atoms with Gasteiger partial charge in [-0.2, -0.15) is 5.10 Å². The lowest BCUT2D eigenvalue weighted by molar-refractivity contribution is -0.141. The van der Waals surface area contributed by atoms with E-state index in [1.54, 1.807) is 17.1 Å². The molecule has 31 heavy (non-hydrogen) atoms. The number of carbonyl (C=O) groups is 2. The van der Waals surface area contributed by atoms with Crippen molar-refractivity contribution in [1.82, 2.24) is 4.90 Å². The van der Waals surface area contributed by atoms with Crippen LogP contribution in [0.3, 0.4) is 0 Å². The number of amides is 2. The van der Waals surface area contributed by atoms with Crippen LogP contribution in [0.4, 0.5) is 5.69 Å². The molecule has 5 nitrogen and oxygen atoms in total. The molecular weight excluding hydrogens is 410 g/mol. The molecule has 2 heterocycles. The molecule has 154 valence electrons. The second-order valence-corrected chi connectivity index (χ2v) is 8.16. The Morgan fingerprint density at radius 2 is 1.45 bits per heavy atom. The third kappa shape index (κ3) is 3.22. The van der Waals surface area contributed by atoms with Crippen molar-refractivity contribution in [1.29, 1.82) is 0 Å². The van der Waals surface area contributed by atoms with Crippen molar-refractivity contribution < 1.29 is 9.59 Å². The van der Waals surface area contributed by atoms with Crippen LogP contribution in [-0.4, -0.2) is 28.5 Å². The van der Waals surface area contributed by atoms with Crippen LogP contribution in [0.15, 0.2) is 90.0 Å². The van der Waals surface area contributed by atoms with Gasteiger partial charge in [0, 0.05) is 5.02 Å². The highest BCUT2D eigenvalue weighted by atomic mass is 35.5. The number of para-hydroxylation sites is 1. The Kier molecular flexibility index (Phi) is 4.83. The summed E-state index contributed by atoms with van der Waals surface area (Å²) in [4.78, 5) is 28.6. The van der Waals surface area contributed by atoms with Gasteiger partial charge >= 0.3 is 0 Å². The fraction of sp³-hybridized carbons (Fsp3) is 0.160. The Bertz CT molecular complexity index is 1160. The largest absolute Gasteiger partial charge is 0.274 e. The zero-order chi connectivity index (χ0) is 21.5. The minimum absolute atomic E-state index is 0.224. The number of halogens is 1. The summed E-state index contributed by atoms with van der Waals surface area (Å²) in [5.41, 5.74) is 3.07. The molecule has 0 spiro atoms. The molecule has 0 bridgehead atoms. The monoisotopic (exact) mass is 429 g/mol. The number of nitrogens with zero attached hydrogens (tertiary/aromatic N) is 3. The molecule has 3 aromatic rings. The van der Waals surface area contributed by atoms with E-state index >= 15 is 0 Å². The first-order valence-electron chi connectivity index (χ1n) is 10.2. The van der Waals surface area contributed by atoms with E-state index in [9.17, 15) is 9.59 Å². The van der Waals surface area contributed by atoms with Gasteiger partial charge in [-0.15, -0.1) is 0 Å². The summed E-state index contributed by atoms with van der Waals surface area (Å²) in [6, 6.07) is 25.2. The smallest absolute Gasteiger partial charge is 0.255 e. The summed E-state index contributed by atoms with van der Waals surface area (Å²) >= 11 is 6.06. The molecule has 2 aliphatic rings. The van der Waals surface area contributed by atoms with Gasteiger partial charge in [-0.05, 0) is 42.3 Å². The molecule has 6 heteroatoms. The van der Waals surface area contributed by atoms with Crippen molar-refractivity contribution in [2.75, 3.05) is 5.01 Å². The van der Waals surface area contributed by atoms with Crippen molar-refractivity contribution in [2.45, 2.75) is 19.0 Å². The van der Waals surface area contributed by atoms with Crippen LogP contribution in [0.5, 0.6) is 0 Å². The standard InChI is InChI=1S/C25H20ClN3O2/c1-16(17-8-4-2-5-9-17)28-24(30)21-22(18-12-14-19(26)15-13-18)27-29(23(21)25(28)31)20-10-6-3-7-11-20/h2-16,21,23H,1H3/t16-,21-,23+/m1/s1. The molecule has 0 aromatic heterocycles. The number of hydrogen-bond donors (Lipinski definition) is 0. The first-order valence-corrected chi connectivity index (χ1v) is 10.5. The summed E-state index contributed by atoms with van der Waals surface area (Å²) in [6.07, 6.45) is 0. The maximum atomic E-state index is 13.6. The maximum Gasteiger partial charge on any atom is 0.255 e. The highest BCUT2D eigenvalue weighted by Crippen LogP contribution is 2.40. The van der Waals surface area contributed by atoms with E-state index in [0.717, 1.165) is 16.8 Å². The Balaban J connectivity index is 1.59. The molecule has 1 saturated heterocycles. The Morgan fingerprint density at radius 3 is 2.10 bits per heavy atom. The lowest BCUT2D eigenvalue weighted by Gasteiger charge is -2.26. The van der Waals surface area contributed by atoms with Crippen molar-refractivity contribution in [3.05, 3.63) is 101 Å². The van der Waals surface area contributed by atoms with Crippen molar-refractivity contribution in [3.8, 4) is 0 Å². The van der Waals surface area contributed by atoms with Crippen LogP contribution in [0.25, 0.3) is 0 Å². The van der Waals surface area contributed by atoms with Crippen LogP contribution >= 0.6 is 11.6 Å². The number of fused-ring (bicyclic) bond motifs is 1. The van der Waals surface area contributed by atoms with Gasteiger partial charge in [0.2, 0.25) is 5.91 Å². The average Bonchev–Trinajstić information content (AvgIpc) is 3.32. The van der Waals surface area contributed by atoms with Crippen molar-refractivity contribution in [2.24, 2.45) is 11.0 Å². The van der Waals surface area contributed by atoms with Gasteiger partial charge in [0.1, 0.15) is 12.0 Å². The highest BCUT2D eigenvalue weighted by molar-refractivity contribution is 6.31. The average molecular weight is 430 g/mol. The first kappa shape index (κ1) is 19.5. The summed E-state index contributed by atoms with van der Waals surface area (Å²) < 4.78 is 0. The third-order valence-electron chi connectivity index (χ3n) is 5.91. The molecule has 0 N–H and O–H groups in total. The quantitative estimate of drug-likeness (QED) is 0.566. The maximum absolute atomic E-state index is 13.6. The van der Waals surface area contributed by atoms with Crippen LogP contribution in [0, 0.1) is 5.92 Å². The van der Waals surface area contributed by atoms with Gasteiger partial charge in [-0.3, -0.25) is 19.5 Å². The molecule has 0 unspecified atom stereocenters. The molecule has 1 fully saturated rings. The van der Waals surface area contributed by atoms with Gasteiger partial charge in [-0.25, -0.2) is 0 Å². The van der Waals surface area contributed by atoms with E-state index in [2.05, 4.69) is 0 Å². The molecule has 2 amide bonds. The van der Waals surface area contributed by atoms with Crippen LogP contribution in [0.1, 0.15) is 24.1 Å². The number of benzene rings is 3. The molecular formula is C25H20ClN3O2. The van der Waals surface area contributed by atoms with Crippen LogP contribution in [-0.2, 0) is 9.59 Å². The van der Waals surface area contributed by atoms with Crippen molar-refractivity contribution in [3.63, 3.8) is 0 Å².